The van der Waals surface area contributed by atoms with E-state index in [4.69, 9.17) is 5.11 Å². The van der Waals surface area contributed by atoms with Gasteiger partial charge >= 0.3 is 6.18 Å². The molecule has 0 aromatic carbocycles. The van der Waals surface area contributed by atoms with Crippen LogP contribution in [-0.4, -0.2) is 17.9 Å². The second-order valence-corrected chi connectivity index (χ2v) is 1.63. The van der Waals surface area contributed by atoms with Gasteiger partial charge in [-0.1, -0.05) is 20.8 Å². The van der Waals surface area contributed by atoms with E-state index in [1.54, 1.807) is 0 Å². The van der Waals surface area contributed by atoms with Gasteiger partial charge in [-0.25, -0.2) is 0 Å². The third kappa shape index (κ3) is 5.88. The molecule has 1 N–H and O–H groups in total. The molecule has 1 atom stereocenters. The first-order chi connectivity index (χ1) is 4.48. The summed E-state index contributed by atoms with van der Waals surface area (Å²) in [5.74, 6) is -1.59. The van der Waals surface area contributed by atoms with Gasteiger partial charge in [0.15, 0.2) is 0 Å². The minimum Gasteiger partial charge on any atom is -0.396 e. The van der Waals surface area contributed by atoms with Crippen LogP contribution >= 0.6 is 0 Å². The Morgan fingerprint density at radius 1 is 1.30 bits per heavy atom. The molecule has 0 bridgehead atoms. The summed E-state index contributed by atoms with van der Waals surface area (Å²) >= 11 is 0. The summed E-state index contributed by atoms with van der Waals surface area (Å²) in [6, 6.07) is 0. The van der Waals surface area contributed by atoms with E-state index in [1.807, 2.05) is 13.8 Å². The number of rotatable bonds is 1. The van der Waals surface area contributed by atoms with E-state index in [-0.39, 0.29) is 0 Å². The van der Waals surface area contributed by atoms with E-state index in [0.29, 0.717) is 0 Å². The van der Waals surface area contributed by atoms with E-state index in [2.05, 4.69) is 0 Å². The summed E-state index contributed by atoms with van der Waals surface area (Å²) in [7, 11) is 0. The van der Waals surface area contributed by atoms with Crippen LogP contribution in [0.5, 0.6) is 0 Å². The molecule has 4 heteroatoms. The van der Waals surface area contributed by atoms with Crippen molar-refractivity contribution in [2.75, 3.05) is 6.61 Å². The van der Waals surface area contributed by atoms with Gasteiger partial charge in [-0.05, 0) is 0 Å². The minimum absolute atomic E-state index is 0.830. The molecule has 0 rings (SSSR count). The zero-order chi connectivity index (χ0) is 8.78. The first-order valence-electron chi connectivity index (χ1n) is 3.16. The highest BCUT2D eigenvalue weighted by atomic mass is 19.4. The van der Waals surface area contributed by atoms with E-state index in [9.17, 15) is 13.2 Å². The van der Waals surface area contributed by atoms with Crippen molar-refractivity contribution in [3.8, 4) is 0 Å². The van der Waals surface area contributed by atoms with Gasteiger partial charge in [0.05, 0.1) is 12.5 Å². The number of aliphatic hydroxyl groups excluding tert-OH is 1. The molecule has 0 aliphatic carbocycles. The third-order valence-corrected chi connectivity index (χ3v) is 0.833. The fourth-order valence-corrected chi connectivity index (χ4v) is 0.104. The molecular formula is C6H13F3O. The minimum atomic E-state index is -4.24. The van der Waals surface area contributed by atoms with Crippen molar-refractivity contribution in [1.82, 2.24) is 0 Å². The molecule has 0 radical (unpaired) electrons. The molecule has 1 unspecified atom stereocenters. The monoisotopic (exact) mass is 158 g/mol. The van der Waals surface area contributed by atoms with E-state index in [0.717, 1.165) is 6.92 Å². The molecular weight excluding hydrogens is 145 g/mol. The van der Waals surface area contributed by atoms with Gasteiger partial charge in [0.25, 0.3) is 0 Å². The first-order valence-corrected chi connectivity index (χ1v) is 3.16. The van der Waals surface area contributed by atoms with Gasteiger partial charge in [0.2, 0.25) is 0 Å². The molecule has 10 heavy (non-hydrogen) atoms. The average molecular weight is 158 g/mol. The lowest BCUT2D eigenvalue weighted by Gasteiger charge is -2.10. The predicted molar refractivity (Wildman–Crippen MR) is 33.7 cm³/mol. The molecule has 0 aromatic rings. The Hall–Kier alpha value is -0.250. The Kier molecular flexibility index (Phi) is 6.87. The van der Waals surface area contributed by atoms with Crippen molar-refractivity contribution < 1.29 is 18.3 Å². The fraction of sp³-hybridized carbons (Fsp3) is 1.00. The van der Waals surface area contributed by atoms with E-state index >= 15 is 0 Å². The van der Waals surface area contributed by atoms with Crippen molar-refractivity contribution in [3.05, 3.63) is 0 Å². The average Bonchev–Trinajstić information content (AvgIpc) is 1.89. The van der Waals surface area contributed by atoms with Gasteiger partial charge in [-0.3, -0.25) is 0 Å². The normalized spacial score (nSPS) is 13.5. The van der Waals surface area contributed by atoms with Gasteiger partial charge in [-0.15, -0.1) is 0 Å². The fourth-order valence-electron chi connectivity index (χ4n) is 0.104. The van der Waals surface area contributed by atoms with Crippen molar-refractivity contribution in [3.63, 3.8) is 0 Å². The molecule has 0 amide bonds. The number of hydrogen-bond acceptors (Lipinski definition) is 1. The van der Waals surface area contributed by atoms with Crippen LogP contribution in [0.3, 0.4) is 0 Å². The molecule has 0 aromatic heterocycles. The Balaban J connectivity index is 0. The van der Waals surface area contributed by atoms with Crippen LogP contribution in [-0.2, 0) is 0 Å². The van der Waals surface area contributed by atoms with Crippen LogP contribution in [0.4, 0.5) is 13.2 Å². The topological polar surface area (TPSA) is 20.2 Å². The Morgan fingerprint density at radius 3 is 1.60 bits per heavy atom. The Labute approximate surface area is 58.9 Å². The van der Waals surface area contributed by atoms with Crippen LogP contribution in [0.1, 0.15) is 20.8 Å². The highest BCUT2D eigenvalue weighted by molar-refractivity contribution is 4.58. The van der Waals surface area contributed by atoms with E-state index < -0.39 is 18.7 Å². The van der Waals surface area contributed by atoms with Crippen molar-refractivity contribution in [1.29, 1.82) is 0 Å². The van der Waals surface area contributed by atoms with Crippen molar-refractivity contribution in [2.45, 2.75) is 26.9 Å². The molecule has 1 nitrogen and oxygen atoms in total. The maximum atomic E-state index is 11.3. The van der Waals surface area contributed by atoms with Gasteiger partial charge in [0, 0.05) is 0 Å². The molecule has 64 valence electrons. The van der Waals surface area contributed by atoms with Crippen LogP contribution in [0.15, 0.2) is 0 Å². The largest absolute Gasteiger partial charge is 0.396 e. The molecule has 0 spiro atoms. The molecule has 0 fully saturated rings. The Morgan fingerprint density at radius 2 is 1.60 bits per heavy atom. The molecule has 0 heterocycles. The SMILES string of the molecule is CC.CC(CO)C(F)(F)F. The standard InChI is InChI=1S/C4H7F3O.C2H6/c1-3(2-8)4(5,6)7;1-2/h3,8H,2H2,1H3;1-2H3. The quantitative estimate of drug-likeness (QED) is 0.620. The lowest BCUT2D eigenvalue weighted by atomic mass is 10.2. The van der Waals surface area contributed by atoms with Crippen molar-refractivity contribution >= 4 is 0 Å². The first kappa shape index (κ1) is 12.4. The lowest BCUT2D eigenvalue weighted by Crippen LogP contribution is -2.22. The summed E-state index contributed by atoms with van der Waals surface area (Å²) in [5, 5.41) is 7.95. The second kappa shape index (κ2) is 5.53. The van der Waals surface area contributed by atoms with Crippen molar-refractivity contribution in [2.24, 2.45) is 5.92 Å². The second-order valence-electron chi connectivity index (χ2n) is 1.63. The van der Waals surface area contributed by atoms with Crippen LogP contribution in [0, 0.1) is 5.92 Å². The van der Waals surface area contributed by atoms with Gasteiger partial charge < -0.3 is 5.11 Å². The number of aliphatic hydroxyl groups is 1. The lowest BCUT2D eigenvalue weighted by molar-refractivity contribution is -0.178. The zero-order valence-electron chi connectivity index (χ0n) is 6.37. The third-order valence-electron chi connectivity index (χ3n) is 0.833. The van der Waals surface area contributed by atoms with E-state index in [1.165, 1.54) is 0 Å². The van der Waals surface area contributed by atoms with Crippen LogP contribution in [0.2, 0.25) is 0 Å². The maximum absolute atomic E-state index is 11.3. The number of alkyl halides is 3. The smallest absolute Gasteiger partial charge is 0.393 e. The number of halogens is 3. The highest BCUT2D eigenvalue weighted by Crippen LogP contribution is 2.24. The Bertz CT molecular complexity index is 69.9. The summed E-state index contributed by atoms with van der Waals surface area (Å²) in [4.78, 5) is 0. The van der Waals surface area contributed by atoms with Crippen LogP contribution < -0.4 is 0 Å². The molecule has 0 aliphatic heterocycles. The van der Waals surface area contributed by atoms with Gasteiger partial charge in [-0.2, -0.15) is 13.2 Å². The maximum Gasteiger partial charge on any atom is 0.393 e. The summed E-state index contributed by atoms with van der Waals surface area (Å²) in [6.45, 7) is 4.10. The molecule has 0 saturated carbocycles. The highest BCUT2D eigenvalue weighted by Gasteiger charge is 2.34. The van der Waals surface area contributed by atoms with Gasteiger partial charge in [0.1, 0.15) is 0 Å². The molecule has 0 saturated heterocycles. The number of hydrogen-bond donors (Lipinski definition) is 1. The van der Waals surface area contributed by atoms with Crippen LogP contribution in [0.25, 0.3) is 0 Å². The summed E-state index contributed by atoms with van der Waals surface area (Å²) in [6.07, 6.45) is -4.24. The zero-order valence-corrected chi connectivity index (χ0v) is 6.37. The molecule has 0 aliphatic rings. The summed E-state index contributed by atoms with van der Waals surface area (Å²) < 4.78 is 33.9. The predicted octanol–water partition coefficient (Wildman–Crippen LogP) is 2.20. The summed E-state index contributed by atoms with van der Waals surface area (Å²) in [5.41, 5.74) is 0.